The van der Waals surface area contributed by atoms with Gasteiger partial charge in [0.1, 0.15) is 6.54 Å². The van der Waals surface area contributed by atoms with E-state index in [0.717, 1.165) is 9.87 Å². The van der Waals surface area contributed by atoms with Crippen LogP contribution in [0.25, 0.3) is 0 Å². The third kappa shape index (κ3) is 5.71. The number of hydrogen-bond acceptors (Lipinski definition) is 4. The summed E-state index contributed by atoms with van der Waals surface area (Å²) in [6.07, 6.45) is 1.55. The normalized spacial score (nSPS) is 10.9. The molecule has 3 aromatic carbocycles. The van der Waals surface area contributed by atoms with Crippen LogP contribution < -0.4 is 14.9 Å². The molecule has 176 valence electrons. The number of nitrogens with one attached hydrogen (secondary N) is 2. The molecule has 0 fully saturated rings. The summed E-state index contributed by atoms with van der Waals surface area (Å²) >= 11 is 0. The zero-order valence-corrected chi connectivity index (χ0v) is 19.9. The van der Waals surface area contributed by atoms with Crippen LogP contribution in [0.4, 0.5) is 11.4 Å². The van der Waals surface area contributed by atoms with E-state index in [-0.39, 0.29) is 28.6 Å². The molecule has 0 aliphatic carbocycles. The second-order valence-electron chi connectivity index (χ2n) is 7.71. The van der Waals surface area contributed by atoms with Gasteiger partial charge in [0, 0.05) is 6.54 Å². The molecule has 0 saturated heterocycles. The molecule has 0 aliphatic rings. The van der Waals surface area contributed by atoms with Crippen molar-refractivity contribution < 1.29 is 18.0 Å². The van der Waals surface area contributed by atoms with Crippen LogP contribution in [0.1, 0.15) is 21.5 Å². The zero-order chi connectivity index (χ0) is 24.7. The van der Waals surface area contributed by atoms with Gasteiger partial charge in [-0.1, -0.05) is 48.5 Å². The van der Waals surface area contributed by atoms with Crippen LogP contribution in [0.3, 0.4) is 0 Å². The lowest BCUT2D eigenvalue weighted by Gasteiger charge is -2.26. The number of carbonyl (C=O) groups excluding carboxylic acids is 2. The molecule has 2 amide bonds. The van der Waals surface area contributed by atoms with Crippen molar-refractivity contribution in [2.45, 2.75) is 18.7 Å². The summed E-state index contributed by atoms with van der Waals surface area (Å²) in [4.78, 5) is 25.6. The first-order valence-electron chi connectivity index (χ1n) is 10.7. The molecule has 0 aliphatic heterocycles. The Hall–Kier alpha value is -3.91. The number of benzene rings is 3. The number of carbonyl (C=O) groups is 2. The molecule has 0 saturated carbocycles. The molecule has 0 bridgehead atoms. The molecule has 0 unspecified atom stereocenters. The summed E-state index contributed by atoms with van der Waals surface area (Å²) < 4.78 is 28.2. The third-order valence-electron chi connectivity index (χ3n) is 5.10. The molecule has 3 rings (SSSR count). The maximum absolute atomic E-state index is 13.6. The van der Waals surface area contributed by atoms with E-state index in [1.54, 1.807) is 61.5 Å². The van der Waals surface area contributed by atoms with E-state index in [1.165, 1.54) is 12.1 Å². The topological polar surface area (TPSA) is 95.6 Å². The van der Waals surface area contributed by atoms with Gasteiger partial charge in [0.2, 0.25) is 5.91 Å². The van der Waals surface area contributed by atoms with Crippen molar-refractivity contribution in [3.05, 3.63) is 102 Å². The van der Waals surface area contributed by atoms with Gasteiger partial charge in [0.25, 0.3) is 15.9 Å². The largest absolute Gasteiger partial charge is 0.349 e. The van der Waals surface area contributed by atoms with Crippen LogP contribution in [-0.2, 0) is 14.8 Å². The smallest absolute Gasteiger partial charge is 0.264 e. The number of nitrogens with zero attached hydrogens (tertiary/aromatic N) is 1. The van der Waals surface area contributed by atoms with E-state index in [9.17, 15) is 18.0 Å². The number of para-hydroxylation sites is 1. The van der Waals surface area contributed by atoms with Crippen LogP contribution in [0.15, 0.2) is 90.3 Å². The van der Waals surface area contributed by atoms with Gasteiger partial charge in [0.05, 0.1) is 21.8 Å². The van der Waals surface area contributed by atoms with E-state index in [2.05, 4.69) is 17.2 Å². The van der Waals surface area contributed by atoms with Gasteiger partial charge in [-0.05, 0) is 55.3 Å². The Labute approximate surface area is 200 Å². The first kappa shape index (κ1) is 24.7. The molecule has 2 N–H and O–H groups in total. The number of amides is 2. The van der Waals surface area contributed by atoms with Crippen molar-refractivity contribution in [3.8, 4) is 0 Å². The average molecular weight is 478 g/mol. The quantitative estimate of drug-likeness (QED) is 0.455. The van der Waals surface area contributed by atoms with Gasteiger partial charge in [-0.15, -0.1) is 6.58 Å². The van der Waals surface area contributed by atoms with Crippen LogP contribution in [-0.4, -0.2) is 33.3 Å². The van der Waals surface area contributed by atoms with E-state index in [1.807, 2.05) is 19.1 Å². The van der Waals surface area contributed by atoms with Crippen LogP contribution >= 0.6 is 0 Å². The second kappa shape index (κ2) is 10.8. The number of anilines is 2. The minimum Gasteiger partial charge on any atom is -0.349 e. The maximum Gasteiger partial charge on any atom is 0.264 e. The van der Waals surface area contributed by atoms with Crippen molar-refractivity contribution in [2.24, 2.45) is 0 Å². The molecule has 0 spiro atoms. The molecule has 0 aromatic heterocycles. The molecule has 0 atom stereocenters. The zero-order valence-electron chi connectivity index (χ0n) is 19.1. The van der Waals surface area contributed by atoms with Gasteiger partial charge in [-0.25, -0.2) is 8.42 Å². The number of aryl methyl sites for hydroxylation is 2. The van der Waals surface area contributed by atoms with Crippen molar-refractivity contribution in [1.82, 2.24) is 5.32 Å². The SMILES string of the molecule is C=CCNC(=O)c1ccccc1NC(=O)CN(c1cc(C)ccc1C)S(=O)(=O)c1ccccc1. The Balaban J connectivity index is 1.96. The molecule has 3 aromatic rings. The summed E-state index contributed by atoms with van der Waals surface area (Å²) in [6.45, 7) is 7.03. The molecule has 34 heavy (non-hydrogen) atoms. The van der Waals surface area contributed by atoms with Gasteiger partial charge in [-0.2, -0.15) is 0 Å². The fraction of sp³-hybridized carbons (Fsp3) is 0.154. The Morgan fingerprint density at radius 1 is 0.971 bits per heavy atom. The van der Waals surface area contributed by atoms with Gasteiger partial charge in [-0.3, -0.25) is 13.9 Å². The first-order valence-corrected chi connectivity index (χ1v) is 12.1. The number of sulfonamides is 1. The minimum atomic E-state index is -4.04. The highest BCUT2D eigenvalue weighted by Gasteiger charge is 2.28. The summed E-state index contributed by atoms with van der Waals surface area (Å²) in [5.74, 6) is -0.955. The highest BCUT2D eigenvalue weighted by atomic mass is 32.2. The number of hydrogen-bond donors (Lipinski definition) is 2. The minimum absolute atomic E-state index is 0.0768. The monoisotopic (exact) mass is 477 g/mol. The van der Waals surface area contributed by atoms with Crippen LogP contribution in [0.5, 0.6) is 0 Å². The van der Waals surface area contributed by atoms with Crippen molar-refractivity contribution in [1.29, 1.82) is 0 Å². The fourth-order valence-electron chi connectivity index (χ4n) is 3.38. The predicted octanol–water partition coefficient (Wildman–Crippen LogP) is 4.05. The molecule has 0 heterocycles. The van der Waals surface area contributed by atoms with Crippen LogP contribution in [0, 0.1) is 13.8 Å². The molecular weight excluding hydrogens is 450 g/mol. The maximum atomic E-state index is 13.6. The number of rotatable bonds is 9. The molecular formula is C26H27N3O4S. The highest BCUT2D eigenvalue weighted by Crippen LogP contribution is 2.28. The van der Waals surface area contributed by atoms with Crippen molar-refractivity contribution in [3.63, 3.8) is 0 Å². The van der Waals surface area contributed by atoms with E-state index in [0.29, 0.717) is 11.3 Å². The van der Waals surface area contributed by atoms with Crippen molar-refractivity contribution in [2.75, 3.05) is 22.7 Å². The Bertz CT molecular complexity index is 1300. The van der Waals surface area contributed by atoms with E-state index in [4.69, 9.17) is 0 Å². The first-order chi connectivity index (χ1) is 16.2. The second-order valence-corrected chi connectivity index (χ2v) is 9.57. The van der Waals surface area contributed by atoms with Gasteiger partial charge >= 0.3 is 0 Å². The van der Waals surface area contributed by atoms with Crippen molar-refractivity contribution >= 4 is 33.2 Å². The summed E-state index contributed by atoms with van der Waals surface area (Å²) in [5, 5.41) is 5.37. The standard InChI is InChI=1S/C26H27N3O4S/c1-4-16-27-26(31)22-12-8-9-13-23(22)28-25(30)18-29(24-17-19(2)14-15-20(24)3)34(32,33)21-10-6-5-7-11-21/h4-15,17H,1,16,18H2,2-3H3,(H,27,31)(H,28,30). The van der Waals surface area contributed by atoms with E-state index >= 15 is 0 Å². The summed E-state index contributed by atoms with van der Waals surface area (Å²) in [6, 6.07) is 19.9. The summed E-state index contributed by atoms with van der Waals surface area (Å²) in [7, 11) is -4.04. The summed E-state index contributed by atoms with van der Waals surface area (Å²) in [5.41, 5.74) is 2.53. The van der Waals surface area contributed by atoms with E-state index < -0.39 is 22.5 Å². The Kier molecular flexibility index (Phi) is 7.86. The lowest BCUT2D eigenvalue weighted by Crippen LogP contribution is -2.39. The lowest BCUT2D eigenvalue weighted by atomic mass is 10.1. The molecule has 0 radical (unpaired) electrons. The van der Waals surface area contributed by atoms with Gasteiger partial charge in [0.15, 0.2) is 0 Å². The van der Waals surface area contributed by atoms with Crippen LogP contribution in [0.2, 0.25) is 0 Å². The average Bonchev–Trinajstić information content (AvgIpc) is 2.83. The lowest BCUT2D eigenvalue weighted by molar-refractivity contribution is -0.114. The Morgan fingerprint density at radius 3 is 2.35 bits per heavy atom. The fourth-order valence-corrected chi connectivity index (χ4v) is 4.88. The molecule has 8 heteroatoms. The molecule has 7 nitrogen and oxygen atoms in total. The van der Waals surface area contributed by atoms with Gasteiger partial charge < -0.3 is 10.6 Å². The highest BCUT2D eigenvalue weighted by molar-refractivity contribution is 7.92. The predicted molar refractivity (Wildman–Crippen MR) is 134 cm³/mol. The third-order valence-corrected chi connectivity index (χ3v) is 6.88. The Morgan fingerprint density at radius 2 is 1.65 bits per heavy atom.